The van der Waals surface area contributed by atoms with E-state index in [1.807, 2.05) is 0 Å². The minimum absolute atomic E-state index is 0.156. The van der Waals surface area contributed by atoms with Gasteiger partial charge in [-0.25, -0.2) is 4.79 Å². The molecule has 0 heterocycles. The van der Waals surface area contributed by atoms with Gasteiger partial charge < -0.3 is 44.0 Å². The molecule has 4 unspecified atom stereocenters. The Labute approximate surface area is 198 Å². The molecule has 0 bridgehead atoms. The van der Waals surface area contributed by atoms with E-state index in [0.717, 1.165) is 0 Å². The van der Waals surface area contributed by atoms with Gasteiger partial charge in [-0.05, 0) is 45.2 Å². The number of hydrogen-bond donors (Lipinski definition) is 9. The largest absolute Gasteiger partial charge is 0.480 e. The summed E-state index contributed by atoms with van der Waals surface area (Å²) in [5.41, 5.74) is 21.9. The number of hydrogen-bond acceptors (Lipinski definition) is 9. The first-order valence-corrected chi connectivity index (χ1v) is 11.4. The van der Waals surface area contributed by atoms with Crippen LogP contribution in [0.1, 0.15) is 44.9 Å². The first-order valence-electron chi connectivity index (χ1n) is 10.8. The van der Waals surface area contributed by atoms with Crippen molar-refractivity contribution in [3.63, 3.8) is 0 Å². The lowest BCUT2D eigenvalue weighted by atomic mass is 10.1. The van der Waals surface area contributed by atoms with E-state index < -0.39 is 60.2 Å². The molecule has 190 valence electrons. The molecule has 0 rings (SSSR count). The molecular formula is C19H37N7O6S. The zero-order valence-electron chi connectivity index (χ0n) is 18.6. The van der Waals surface area contributed by atoms with Crippen LogP contribution in [0, 0.1) is 0 Å². The van der Waals surface area contributed by atoms with Gasteiger partial charge in [0.2, 0.25) is 23.6 Å². The van der Waals surface area contributed by atoms with Crippen LogP contribution in [0.15, 0.2) is 0 Å². The fourth-order valence-corrected chi connectivity index (χ4v) is 3.07. The van der Waals surface area contributed by atoms with Crippen molar-refractivity contribution in [2.24, 2.45) is 22.9 Å². The number of primary amides is 1. The molecule has 0 aliphatic rings. The average Bonchev–Trinajstić information content (AvgIpc) is 2.75. The number of rotatable bonds is 18. The van der Waals surface area contributed by atoms with Crippen molar-refractivity contribution in [2.75, 3.05) is 18.8 Å². The normalized spacial score (nSPS) is 14.4. The lowest BCUT2D eigenvalue weighted by Gasteiger charge is -2.24. The molecule has 4 amide bonds. The minimum Gasteiger partial charge on any atom is -0.480 e. The summed E-state index contributed by atoms with van der Waals surface area (Å²) >= 11 is 3.89. The Bertz CT molecular complexity index is 667. The summed E-state index contributed by atoms with van der Waals surface area (Å²) in [6, 6.07) is -4.67. The maximum absolute atomic E-state index is 12.8. The van der Waals surface area contributed by atoms with E-state index in [1.165, 1.54) is 0 Å². The topological polar surface area (TPSA) is 246 Å². The van der Waals surface area contributed by atoms with Crippen LogP contribution >= 0.6 is 12.6 Å². The van der Waals surface area contributed by atoms with E-state index in [-0.39, 0.29) is 12.2 Å². The zero-order chi connectivity index (χ0) is 25.4. The third kappa shape index (κ3) is 13.0. The van der Waals surface area contributed by atoms with Crippen molar-refractivity contribution in [3.8, 4) is 0 Å². The van der Waals surface area contributed by atoms with Crippen LogP contribution in [-0.4, -0.2) is 77.7 Å². The van der Waals surface area contributed by atoms with Crippen LogP contribution in [0.3, 0.4) is 0 Å². The Morgan fingerprint density at radius 3 is 1.73 bits per heavy atom. The predicted octanol–water partition coefficient (Wildman–Crippen LogP) is -3.08. The number of amides is 4. The van der Waals surface area contributed by atoms with Gasteiger partial charge in [-0.15, -0.1) is 0 Å². The molecular weight excluding hydrogens is 454 g/mol. The van der Waals surface area contributed by atoms with Gasteiger partial charge in [0.15, 0.2) is 0 Å². The van der Waals surface area contributed by atoms with Crippen molar-refractivity contribution in [3.05, 3.63) is 0 Å². The van der Waals surface area contributed by atoms with Crippen LogP contribution < -0.4 is 38.9 Å². The third-order valence-electron chi connectivity index (χ3n) is 4.72. The van der Waals surface area contributed by atoms with Crippen LogP contribution in [0.5, 0.6) is 0 Å². The van der Waals surface area contributed by atoms with Crippen LogP contribution in [0.25, 0.3) is 0 Å². The summed E-state index contributed by atoms with van der Waals surface area (Å²) in [5.74, 6) is -4.53. The smallest absolute Gasteiger partial charge is 0.327 e. The first-order chi connectivity index (χ1) is 15.6. The summed E-state index contributed by atoms with van der Waals surface area (Å²) in [4.78, 5) is 60.4. The molecule has 14 heteroatoms. The molecule has 33 heavy (non-hydrogen) atoms. The molecule has 12 N–H and O–H groups in total. The van der Waals surface area contributed by atoms with E-state index in [0.29, 0.717) is 45.2 Å². The van der Waals surface area contributed by atoms with Gasteiger partial charge >= 0.3 is 5.97 Å². The lowest BCUT2D eigenvalue weighted by molar-refractivity contribution is -0.141. The Morgan fingerprint density at radius 2 is 1.24 bits per heavy atom. The maximum Gasteiger partial charge on any atom is 0.327 e. The second-order valence-corrected chi connectivity index (χ2v) is 7.92. The summed E-state index contributed by atoms with van der Waals surface area (Å²) in [5, 5.41) is 16.3. The molecule has 0 aliphatic carbocycles. The molecule has 0 radical (unpaired) electrons. The molecule has 13 nitrogen and oxygen atoms in total. The second-order valence-electron chi connectivity index (χ2n) is 7.55. The van der Waals surface area contributed by atoms with Gasteiger partial charge in [0.25, 0.3) is 0 Å². The Morgan fingerprint density at radius 1 is 0.758 bits per heavy atom. The molecule has 4 atom stereocenters. The van der Waals surface area contributed by atoms with Crippen molar-refractivity contribution in [1.82, 2.24) is 16.0 Å². The summed E-state index contributed by atoms with van der Waals surface area (Å²) in [6.07, 6.45) is 2.28. The molecule has 0 spiro atoms. The maximum atomic E-state index is 12.8. The van der Waals surface area contributed by atoms with Gasteiger partial charge in [-0.1, -0.05) is 6.42 Å². The number of carboxylic acid groups (broad SMARTS) is 1. The molecule has 0 aliphatic heterocycles. The number of aliphatic carboxylic acids is 1. The predicted molar refractivity (Wildman–Crippen MR) is 125 cm³/mol. The van der Waals surface area contributed by atoms with E-state index >= 15 is 0 Å². The third-order valence-corrected chi connectivity index (χ3v) is 5.09. The fraction of sp³-hybridized carbons (Fsp3) is 0.737. The molecule has 0 aromatic rings. The summed E-state index contributed by atoms with van der Waals surface area (Å²) in [7, 11) is 0. The van der Waals surface area contributed by atoms with Crippen LogP contribution in [-0.2, 0) is 24.0 Å². The van der Waals surface area contributed by atoms with Crippen molar-refractivity contribution >= 4 is 42.2 Å². The highest BCUT2D eigenvalue weighted by atomic mass is 32.1. The number of nitrogens with two attached hydrogens (primary N) is 4. The zero-order valence-corrected chi connectivity index (χ0v) is 19.5. The van der Waals surface area contributed by atoms with Gasteiger partial charge in [0.05, 0.1) is 12.5 Å². The molecule has 0 aromatic carbocycles. The quantitative estimate of drug-likeness (QED) is 0.0695. The van der Waals surface area contributed by atoms with Gasteiger partial charge in [-0.2, -0.15) is 12.6 Å². The Kier molecular flexibility index (Phi) is 15.9. The standard InChI is InChI=1S/C19H37N7O6S/c20-7-3-1-5-11(22)16(28)25-13(9-15(23)27)18(30)24-12(6-2-4-8-21)17(29)26-14(10-33)19(31)32/h11-14,33H,1-10,20-22H2,(H2,23,27)(H,24,30)(H,25,28)(H,26,29)(H,31,32). The highest BCUT2D eigenvalue weighted by Gasteiger charge is 2.30. The average molecular weight is 492 g/mol. The minimum atomic E-state index is -1.36. The highest BCUT2D eigenvalue weighted by Crippen LogP contribution is 2.05. The number of carbonyl (C=O) groups excluding carboxylic acids is 4. The fourth-order valence-electron chi connectivity index (χ4n) is 2.82. The molecule has 0 saturated heterocycles. The van der Waals surface area contributed by atoms with Gasteiger partial charge in [0, 0.05) is 5.75 Å². The Balaban J connectivity index is 5.35. The summed E-state index contributed by atoms with van der Waals surface area (Å²) in [6.45, 7) is 0.809. The number of unbranched alkanes of at least 4 members (excludes halogenated alkanes) is 2. The van der Waals surface area contributed by atoms with Crippen LogP contribution in [0.2, 0.25) is 0 Å². The highest BCUT2D eigenvalue weighted by molar-refractivity contribution is 7.80. The second kappa shape index (κ2) is 17.1. The van der Waals surface area contributed by atoms with Crippen molar-refractivity contribution in [1.29, 1.82) is 0 Å². The van der Waals surface area contributed by atoms with Crippen molar-refractivity contribution < 1.29 is 29.1 Å². The van der Waals surface area contributed by atoms with E-state index in [4.69, 9.17) is 28.0 Å². The van der Waals surface area contributed by atoms with Gasteiger partial charge in [0.1, 0.15) is 18.1 Å². The monoisotopic (exact) mass is 491 g/mol. The van der Waals surface area contributed by atoms with E-state index in [1.54, 1.807) is 0 Å². The first kappa shape index (κ1) is 30.6. The number of carbonyl (C=O) groups is 5. The van der Waals surface area contributed by atoms with E-state index in [2.05, 4.69) is 28.6 Å². The van der Waals surface area contributed by atoms with Gasteiger partial charge in [-0.3, -0.25) is 19.2 Å². The lowest BCUT2D eigenvalue weighted by Crippen LogP contribution is -2.57. The number of thiol groups is 1. The van der Waals surface area contributed by atoms with Crippen molar-refractivity contribution in [2.45, 2.75) is 69.1 Å². The number of carboxylic acids is 1. The molecule has 0 saturated carbocycles. The molecule has 0 aromatic heterocycles. The molecule has 0 fully saturated rings. The SMILES string of the molecule is NCCCCC(N)C(=O)NC(CC(N)=O)C(=O)NC(CCCCN)C(=O)NC(CS)C(=O)O. The summed E-state index contributed by atoms with van der Waals surface area (Å²) < 4.78 is 0. The van der Waals surface area contributed by atoms with Crippen LogP contribution in [0.4, 0.5) is 0 Å². The Hall–Kier alpha value is -2.42. The van der Waals surface area contributed by atoms with E-state index in [9.17, 15) is 24.0 Å². The number of nitrogens with one attached hydrogen (secondary N) is 3.